The molecule has 1 N–H and O–H groups in total. The molecule has 0 aliphatic carbocycles. The highest BCUT2D eigenvalue weighted by Gasteiger charge is 1.98. The first kappa shape index (κ1) is 16.3. The van der Waals surface area contributed by atoms with Gasteiger partial charge in [-0.2, -0.15) is 5.26 Å². The van der Waals surface area contributed by atoms with Gasteiger partial charge in [-0.1, -0.05) is 42.3 Å². The van der Waals surface area contributed by atoms with Crippen LogP contribution < -0.4 is 0 Å². The average Bonchev–Trinajstić information content (AvgIpc) is 2.62. The average molecular weight is 305 g/mol. The summed E-state index contributed by atoms with van der Waals surface area (Å²) in [7, 11) is 0. The van der Waals surface area contributed by atoms with Gasteiger partial charge in [-0.15, -0.1) is 0 Å². The molecule has 0 heterocycles. The first-order valence-electron chi connectivity index (χ1n) is 7.05. The lowest BCUT2D eigenvalue weighted by Crippen LogP contribution is -1.83. The Hall–Kier alpha value is -4.03. The molecule has 0 radical (unpaired) electrons. The molecule has 0 fully saturated rings. The molecule has 0 aliphatic rings. The minimum atomic E-state index is 0.423. The van der Waals surface area contributed by atoms with Gasteiger partial charge in [0.05, 0.1) is 12.5 Å². The maximum atomic E-state index is 8.68. The van der Waals surface area contributed by atoms with Crippen molar-refractivity contribution in [1.82, 2.24) is 0 Å². The number of nitriles is 1. The van der Waals surface area contributed by atoms with E-state index < -0.39 is 0 Å². The Labute approximate surface area is 141 Å². The number of benzene rings is 2. The van der Waals surface area contributed by atoms with Gasteiger partial charge in [-0.05, 0) is 46.6 Å². The maximum absolute atomic E-state index is 8.68. The van der Waals surface area contributed by atoms with Crippen molar-refractivity contribution in [3.05, 3.63) is 59.7 Å². The lowest BCUT2D eigenvalue weighted by molar-refractivity contribution is 0.517. The number of hydrogen-bond donors (Lipinski definition) is 1. The summed E-state index contributed by atoms with van der Waals surface area (Å²) in [6, 6.07) is 17.9. The van der Waals surface area contributed by atoms with E-state index in [-0.39, 0.29) is 0 Å². The van der Waals surface area contributed by atoms with Crippen LogP contribution in [0.15, 0.2) is 48.5 Å². The van der Waals surface area contributed by atoms with E-state index in [2.05, 4.69) is 47.5 Å². The van der Waals surface area contributed by atoms with Gasteiger partial charge in [0.15, 0.2) is 0 Å². The highest BCUT2D eigenvalue weighted by Crippen LogP contribution is 2.20. The Morgan fingerprint density at radius 1 is 0.708 bits per heavy atom. The number of aliphatic hydroxyl groups is 1. The zero-order valence-corrected chi connectivity index (χ0v) is 12.7. The van der Waals surface area contributed by atoms with Gasteiger partial charge in [0, 0.05) is 23.3 Å². The Morgan fingerprint density at radius 3 is 1.83 bits per heavy atom. The van der Waals surface area contributed by atoms with Gasteiger partial charge < -0.3 is 5.11 Å². The van der Waals surface area contributed by atoms with Crippen molar-refractivity contribution < 1.29 is 5.11 Å². The van der Waals surface area contributed by atoms with Crippen LogP contribution in [0.4, 0.5) is 0 Å². The van der Waals surface area contributed by atoms with Gasteiger partial charge in [-0.25, -0.2) is 0 Å². The summed E-state index contributed by atoms with van der Waals surface area (Å²) in [6.45, 7) is 0. The quantitative estimate of drug-likeness (QED) is 0.866. The van der Waals surface area contributed by atoms with E-state index in [4.69, 9.17) is 10.4 Å². The van der Waals surface area contributed by atoms with Crippen LogP contribution >= 0.6 is 0 Å². The van der Waals surface area contributed by atoms with Crippen LogP contribution in [-0.2, 0) is 6.42 Å². The summed E-state index contributed by atoms with van der Waals surface area (Å²) < 4.78 is 0. The molecule has 0 saturated carbocycles. The van der Waals surface area contributed by atoms with Crippen LogP contribution in [0.3, 0.4) is 0 Å². The summed E-state index contributed by atoms with van der Waals surface area (Å²) in [5.41, 5.74) is 4.05. The third kappa shape index (κ3) is 5.06. The smallest absolute Gasteiger partial charge is 0.122 e. The molecule has 0 aliphatic heterocycles. The van der Waals surface area contributed by atoms with E-state index in [9.17, 15) is 0 Å². The van der Waals surface area contributed by atoms with E-state index in [1.807, 2.05) is 48.5 Å². The topological polar surface area (TPSA) is 44.0 Å². The van der Waals surface area contributed by atoms with Crippen molar-refractivity contribution >= 4 is 0 Å². The summed E-state index contributed by atoms with van der Waals surface area (Å²) in [5, 5.41) is 16.9. The normalized spacial score (nSPS) is 7.79. The van der Waals surface area contributed by atoms with E-state index in [0.29, 0.717) is 6.42 Å². The second-order valence-corrected chi connectivity index (χ2v) is 4.60. The molecule has 0 unspecified atom stereocenters. The van der Waals surface area contributed by atoms with Crippen molar-refractivity contribution in [1.29, 1.82) is 5.26 Å². The number of aliphatic hydroxyl groups excluding tert-OH is 1. The second kappa shape index (κ2) is 9.08. The van der Waals surface area contributed by atoms with Gasteiger partial charge in [0.2, 0.25) is 0 Å². The van der Waals surface area contributed by atoms with E-state index in [0.717, 1.165) is 22.3 Å². The zero-order valence-electron chi connectivity index (χ0n) is 12.7. The van der Waals surface area contributed by atoms with Crippen molar-refractivity contribution in [2.75, 3.05) is 0 Å². The molecular formula is C22H11NO. The van der Waals surface area contributed by atoms with Gasteiger partial charge in [-0.3, -0.25) is 0 Å². The SMILES string of the molecule is N#CCc1ccc(-c2ccc(C#CC#CC#CC#CO)cc2)cc1. The molecule has 110 valence electrons. The molecule has 0 amide bonds. The predicted octanol–water partition coefficient (Wildman–Crippen LogP) is 3.11. The molecule has 0 bridgehead atoms. The molecule has 24 heavy (non-hydrogen) atoms. The molecular weight excluding hydrogens is 294 g/mol. The summed E-state index contributed by atoms with van der Waals surface area (Å²) in [6.07, 6.45) is 2.09. The lowest BCUT2D eigenvalue weighted by Gasteiger charge is -2.02. The molecule has 0 aromatic heterocycles. The fraction of sp³-hybridized carbons (Fsp3) is 0.0455. The second-order valence-electron chi connectivity index (χ2n) is 4.60. The molecule has 2 aromatic carbocycles. The first-order chi connectivity index (χ1) is 11.8. The molecule has 0 atom stereocenters. The van der Waals surface area contributed by atoms with Crippen LogP contribution in [0.5, 0.6) is 0 Å². The van der Waals surface area contributed by atoms with Gasteiger partial charge in [0.25, 0.3) is 0 Å². The zero-order chi connectivity index (χ0) is 17.0. The van der Waals surface area contributed by atoms with E-state index >= 15 is 0 Å². The summed E-state index contributed by atoms with van der Waals surface area (Å²) in [5.74, 6) is 17.7. The predicted molar refractivity (Wildman–Crippen MR) is 93.3 cm³/mol. The van der Waals surface area contributed by atoms with Gasteiger partial charge >= 0.3 is 0 Å². The minimum absolute atomic E-state index is 0.423. The summed E-state index contributed by atoms with van der Waals surface area (Å²) >= 11 is 0. The number of nitrogens with zero attached hydrogens (tertiary/aromatic N) is 1. The van der Waals surface area contributed by atoms with Crippen LogP contribution in [-0.4, -0.2) is 5.11 Å². The van der Waals surface area contributed by atoms with Crippen molar-refractivity contribution in [2.45, 2.75) is 6.42 Å². The third-order valence-electron chi connectivity index (χ3n) is 3.03. The first-order valence-corrected chi connectivity index (χ1v) is 7.05. The van der Waals surface area contributed by atoms with Crippen LogP contribution in [0.25, 0.3) is 11.1 Å². The number of hydrogen-bond acceptors (Lipinski definition) is 2. The number of rotatable bonds is 2. The van der Waals surface area contributed by atoms with Crippen LogP contribution in [0.1, 0.15) is 11.1 Å². The fourth-order valence-corrected chi connectivity index (χ4v) is 1.91. The lowest BCUT2D eigenvalue weighted by atomic mass is 10.0. The Balaban J connectivity index is 2.07. The molecule has 0 spiro atoms. The minimum Gasteiger partial charge on any atom is -0.461 e. The Morgan fingerprint density at radius 2 is 1.25 bits per heavy atom. The van der Waals surface area contributed by atoms with Crippen LogP contribution in [0.2, 0.25) is 0 Å². The molecule has 2 nitrogen and oxygen atoms in total. The molecule has 2 heteroatoms. The maximum Gasteiger partial charge on any atom is 0.122 e. The highest BCUT2D eigenvalue weighted by atomic mass is 16.2. The largest absolute Gasteiger partial charge is 0.461 e. The molecule has 2 aromatic rings. The standard InChI is InChI=1S/C22H11NO/c23-17-16-20-10-14-22(15-11-20)21-12-8-19(9-13-21)7-5-3-1-2-4-6-18-24/h8-15,24H,16H2. The van der Waals surface area contributed by atoms with Crippen molar-refractivity contribution in [2.24, 2.45) is 0 Å². The van der Waals surface area contributed by atoms with Crippen molar-refractivity contribution in [3.63, 3.8) is 0 Å². The monoisotopic (exact) mass is 305 g/mol. The van der Waals surface area contributed by atoms with Crippen LogP contribution in [0, 0.1) is 58.9 Å². The van der Waals surface area contributed by atoms with E-state index in [1.165, 1.54) is 0 Å². The van der Waals surface area contributed by atoms with Gasteiger partial charge in [0.1, 0.15) is 6.11 Å². The Kier molecular flexibility index (Phi) is 6.18. The third-order valence-corrected chi connectivity index (χ3v) is 3.03. The Bertz CT molecular complexity index is 992. The van der Waals surface area contributed by atoms with E-state index in [1.54, 1.807) is 6.11 Å². The molecule has 2 rings (SSSR count). The fourth-order valence-electron chi connectivity index (χ4n) is 1.91. The van der Waals surface area contributed by atoms with Crippen molar-refractivity contribution in [3.8, 4) is 64.7 Å². The summed E-state index contributed by atoms with van der Waals surface area (Å²) in [4.78, 5) is 0. The molecule has 0 saturated heterocycles. The highest BCUT2D eigenvalue weighted by molar-refractivity contribution is 5.64.